The molecule has 1 aromatic rings. The molecule has 2 heterocycles. The normalized spacial score (nSPS) is 23.3. The second kappa shape index (κ2) is 7.14. The highest BCUT2D eigenvalue weighted by Crippen LogP contribution is 2.25. The lowest BCUT2D eigenvalue weighted by Crippen LogP contribution is -2.34. The standard InChI is InChI=1S/C18H26N2O2/c1-14-3-2-10-20(13-14)17-6-4-16(5-7-17)19-18(21)15-8-11-22-12-9-15/h4-7,14-15H,2-3,8-13H2,1H3,(H,19,21). The van der Waals surface area contributed by atoms with Crippen LogP contribution in [-0.4, -0.2) is 32.2 Å². The van der Waals surface area contributed by atoms with Gasteiger partial charge in [0.25, 0.3) is 0 Å². The number of piperidine rings is 1. The second-order valence-corrected chi connectivity index (χ2v) is 6.62. The number of hydrogen-bond acceptors (Lipinski definition) is 3. The van der Waals surface area contributed by atoms with Crippen molar-refractivity contribution in [1.29, 1.82) is 0 Å². The average Bonchev–Trinajstić information content (AvgIpc) is 2.56. The summed E-state index contributed by atoms with van der Waals surface area (Å²) in [6.07, 6.45) is 4.25. The molecule has 4 nitrogen and oxygen atoms in total. The smallest absolute Gasteiger partial charge is 0.227 e. The lowest BCUT2D eigenvalue weighted by molar-refractivity contribution is -0.122. The van der Waals surface area contributed by atoms with Crippen molar-refractivity contribution in [2.75, 3.05) is 36.5 Å². The first kappa shape index (κ1) is 15.3. The molecule has 1 aromatic carbocycles. The first-order valence-electron chi connectivity index (χ1n) is 8.46. The predicted molar refractivity (Wildman–Crippen MR) is 89.2 cm³/mol. The highest BCUT2D eigenvalue weighted by molar-refractivity contribution is 5.92. The SMILES string of the molecule is CC1CCCN(c2ccc(NC(=O)C3CCOCC3)cc2)C1. The minimum Gasteiger partial charge on any atom is -0.381 e. The van der Waals surface area contributed by atoms with E-state index in [1.165, 1.54) is 18.5 Å². The summed E-state index contributed by atoms with van der Waals surface area (Å²) in [5.74, 6) is 0.987. The van der Waals surface area contributed by atoms with Gasteiger partial charge in [0.15, 0.2) is 0 Å². The van der Waals surface area contributed by atoms with Crippen molar-refractivity contribution in [2.45, 2.75) is 32.6 Å². The molecule has 0 spiro atoms. The number of nitrogens with zero attached hydrogens (tertiary/aromatic N) is 1. The summed E-state index contributed by atoms with van der Waals surface area (Å²) in [7, 11) is 0. The summed E-state index contributed by atoms with van der Waals surface area (Å²) in [5, 5.41) is 3.04. The number of rotatable bonds is 3. The average molecular weight is 302 g/mol. The Morgan fingerprint density at radius 2 is 1.91 bits per heavy atom. The largest absolute Gasteiger partial charge is 0.381 e. The van der Waals surface area contributed by atoms with Gasteiger partial charge < -0.3 is 15.0 Å². The maximum Gasteiger partial charge on any atom is 0.227 e. The lowest BCUT2D eigenvalue weighted by Gasteiger charge is -2.32. The minimum absolute atomic E-state index is 0.0939. The molecular formula is C18H26N2O2. The molecule has 4 heteroatoms. The van der Waals surface area contributed by atoms with Gasteiger partial charge in [0.05, 0.1) is 0 Å². The van der Waals surface area contributed by atoms with Crippen LogP contribution in [0, 0.1) is 11.8 Å². The Hall–Kier alpha value is -1.55. The number of benzene rings is 1. The van der Waals surface area contributed by atoms with Crippen LogP contribution < -0.4 is 10.2 Å². The van der Waals surface area contributed by atoms with Gasteiger partial charge in [0.1, 0.15) is 0 Å². The van der Waals surface area contributed by atoms with E-state index in [9.17, 15) is 4.79 Å². The Bertz CT molecular complexity index is 494. The van der Waals surface area contributed by atoms with Crippen molar-refractivity contribution in [2.24, 2.45) is 11.8 Å². The fourth-order valence-electron chi connectivity index (χ4n) is 3.38. The maximum absolute atomic E-state index is 12.2. The van der Waals surface area contributed by atoms with E-state index in [0.717, 1.165) is 37.5 Å². The lowest BCUT2D eigenvalue weighted by atomic mass is 9.99. The fraction of sp³-hybridized carbons (Fsp3) is 0.611. The third-order valence-corrected chi connectivity index (χ3v) is 4.75. The maximum atomic E-state index is 12.2. The van der Waals surface area contributed by atoms with Crippen molar-refractivity contribution in [1.82, 2.24) is 0 Å². The van der Waals surface area contributed by atoms with E-state index in [-0.39, 0.29) is 11.8 Å². The fourth-order valence-corrected chi connectivity index (χ4v) is 3.38. The molecule has 2 aliphatic rings. The summed E-state index contributed by atoms with van der Waals surface area (Å²) < 4.78 is 5.31. The number of anilines is 2. The van der Waals surface area contributed by atoms with Gasteiger partial charge in [-0.25, -0.2) is 0 Å². The van der Waals surface area contributed by atoms with E-state index in [1.807, 2.05) is 12.1 Å². The van der Waals surface area contributed by atoms with Crippen LogP contribution in [0.1, 0.15) is 32.6 Å². The second-order valence-electron chi connectivity index (χ2n) is 6.62. The summed E-state index contributed by atoms with van der Waals surface area (Å²) in [6.45, 7) is 5.98. The van der Waals surface area contributed by atoms with Gasteiger partial charge in [-0.2, -0.15) is 0 Å². The number of nitrogens with one attached hydrogen (secondary N) is 1. The topological polar surface area (TPSA) is 41.6 Å². The van der Waals surface area contributed by atoms with Crippen LogP contribution in [0.3, 0.4) is 0 Å². The van der Waals surface area contributed by atoms with Crippen molar-refractivity contribution >= 4 is 17.3 Å². The van der Waals surface area contributed by atoms with Crippen LogP contribution in [0.2, 0.25) is 0 Å². The Labute approximate surface area is 132 Å². The monoisotopic (exact) mass is 302 g/mol. The molecule has 1 atom stereocenters. The zero-order chi connectivity index (χ0) is 15.4. The molecule has 3 rings (SSSR count). The van der Waals surface area contributed by atoms with Gasteiger partial charge in [0.2, 0.25) is 5.91 Å². The number of ether oxygens (including phenoxy) is 1. The van der Waals surface area contributed by atoms with Crippen molar-refractivity contribution in [3.05, 3.63) is 24.3 Å². The highest BCUT2D eigenvalue weighted by Gasteiger charge is 2.21. The highest BCUT2D eigenvalue weighted by atomic mass is 16.5. The van der Waals surface area contributed by atoms with Crippen LogP contribution in [0.5, 0.6) is 0 Å². The first-order valence-corrected chi connectivity index (χ1v) is 8.46. The molecular weight excluding hydrogens is 276 g/mol. The van der Waals surface area contributed by atoms with Crippen LogP contribution >= 0.6 is 0 Å². The molecule has 0 aliphatic carbocycles. The van der Waals surface area contributed by atoms with Crippen molar-refractivity contribution < 1.29 is 9.53 Å². The van der Waals surface area contributed by atoms with Gasteiger partial charge in [0, 0.05) is 43.6 Å². The molecule has 0 aromatic heterocycles. The summed E-state index contributed by atoms with van der Waals surface area (Å²) in [5.41, 5.74) is 2.15. The zero-order valence-corrected chi connectivity index (χ0v) is 13.4. The first-order chi connectivity index (χ1) is 10.7. The van der Waals surface area contributed by atoms with Gasteiger partial charge in [-0.3, -0.25) is 4.79 Å². The summed E-state index contributed by atoms with van der Waals surface area (Å²) >= 11 is 0. The van der Waals surface area contributed by atoms with Crippen LogP contribution in [-0.2, 0) is 9.53 Å². The Balaban J connectivity index is 1.58. The van der Waals surface area contributed by atoms with Crippen molar-refractivity contribution in [3.8, 4) is 0 Å². The molecule has 2 fully saturated rings. The number of hydrogen-bond donors (Lipinski definition) is 1. The minimum atomic E-state index is 0.0939. The Morgan fingerprint density at radius 1 is 1.18 bits per heavy atom. The van der Waals surface area contributed by atoms with E-state index in [0.29, 0.717) is 13.2 Å². The summed E-state index contributed by atoms with van der Waals surface area (Å²) in [4.78, 5) is 14.7. The molecule has 22 heavy (non-hydrogen) atoms. The predicted octanol–water partition coefficient (Wildman–Crippen LogP) is 3.29. The van der Waals surface area contributed by atoms with Gasteiger partial charge in [-0.1, -0.05) is 6.92 Å². The van der Waals surface area contributed by atoms with Gasteiger partial charge >= 0.3 is 0 Å². The molecule has 1 N–H and O–H groups in total. The van der Waals surface area contributed by atoms with Crippen LogP contribution in [0.4, 0.5) is 11.4 Å². The third-order valence-electron chi connectivity index (χ3n) is 4.75. The van der Waals surface area contributed by atoms with Gasteiger partial charge in [-0.05, 0) is 55.9 Å². The van der Waals surface area contributed by atoms with Crippen LogP contribution in [0.15, 0.2) is 24.3 Å². The van der Waals surface area contributed by atoms with E-state index in [4.69, 9.17) is 4.74 Å². The van der Waals surface area contributed by atoms with E-state index in [1.54, 1.807) is 0 Å². The molecule has 0 saturated carbocycles. The summed E-state index contributed by atoms with van der Waals surface area (Å²) in [6, 6.07) is 8.28. The molecule has 120 valence electrons. The van der Waals surface area contributed by atoms with E-state index < -0.39 is 0 Å². The molecule has 0 radical (unpaired) electrons. The van der Waals surface area contributed by atoms with Crippen LogP contribution in [0.25, 0.3) is 0 Å². The van der Waals surface area contributed by atoms with E-state index >= 15 is 0 Å². The zero-order valence-electron chi connectivity index (χ0n) is 13.4. The Morgan fingerprint density at radius 3 is 2.59 bits per heavy atom. The van der Waals surface area contributed by atoms with E-state index in [2.05, 4.69) is 29.3 Å². The molecule has 1 unspecified atom stereocenters. The molecule has 2 saturated heterocycles. The number of carbonyl (C=O) groups excluding carboxylic acids is 1. The molecule has 0 bridgehead atoms. The third kappa shape index (κ3) is 3.80. The quantitative estimate of drug-likeness (QED) is 0.931. The number of carbonyl (C=O) groups is 1. The van der Waals surface area contributed by atoms with Gasteiger partial charge in [-0.15, -0.1) is 0 Å². The molecule has 1 amide bonds. The number of amides is 1. The molecule has 2 aliphatic heterocycles. The van der Waals surface area contributed by atoms with Crippen molar-refractivity contribution in [3.63, 3.8) is 0 Å². The Kier molecular flexibility index (Phi) is 4.98.